The molecule has 0 saturated carbocycles. The summed E-state index contributed by atoms with van der Waals surface area (Å²) in [6, 6.07) is 0. The van der Waals surface area contributed by atoms with Crippen LogP contribution in [-0.4, -0.2) is 96.7 Å². The highest BCUT2D eigenvalue weighted by molar-refractivity contribution is 7.47. The Balaban J connectivity index is 5.24. The van der Waals surface area contributed by atoms with Crippen LogP contribution in [0.4, 0.5) is 0 Å². The van der Waals surface area contributed by atoms with Crippen molar-refractivity contribution >= 4 is 39.5 Å². The minimum atomic E-state index is -4.97. The number of ether oxygens (including phenoxy) is 4. The molecule has 3 unspecified atom stereocenters. The minimum Gasteiger partial charge on any atom is -0.462 e. The Labute approximate surface area is 632 Å². The number of rotatable bonds is 81. The van der Waals surface area contributed by atoms with E-state index in [1.165, 1.54) is 231 Å². The van der Waals surface area contributed by atoms with Crippen molar-refractivity contribution in [1.82, 2.24) is 0 Å². The van der Waals surface area contributed by atoms with Gasteiger partial charge in [0.1, 0.15) is 19.3 Å². The van der Waals surface area contributed by atoms with E-state index >= 15 is 0 Å². The van der Waals surface area contributed by atoms with Crippen molar-refractivity contribution in [3.8, 4) is 0 Å². The summed E-state index contributed by atoms with van der Waals surface area (Å²) >= 11 is 0. The second-order valence-corrected chi connectivity index (χ2v) is 34.8. The fourth-order valence-corrected chi connectivity index (χ4v) is 14.5. The Bertz CT molecular complexity index is 2010. The number of aliphatic hydroxyl groups is 1. The third-order valence-corrected chi connectivity index (χ3v) is 21.8. The Morgan fingerprint density at radius 2 is 0.466 bits per heavy atom. The highest BCUT2D eigenvalue weighted by atomic mass is 31.2. The third kappa shape index (κ3) is 76.6. The van der Waals surface area contributed by atoms with Crippen LogP contribution < -0.4 is 0 Å². The van der Waals surface area contributed by atoms with Crippen LogP contribution in [0, 0.1) is 23.7 Å². The van der Waals surface area contributed by atoms with Crippen LogP contribution >= 0.6 is 15.6 Å². The number of aliphatic hydroxyl groups excluding tert-OH is 1. The Morgan fingerprint density at radius 3 is 0.689 bits per heavy atom. The lowest BCUT2D eigenvalue weighted by Crippen LogP contribution is -2.30. The molecule has 6 atom stereocenters. The largest absolute Gasteiger partial charge is 0.472 e. The van der Waals surface area contributed by atoms with Crippen LogP contribution in [0.25, 0.3) is 0 Å². The van der Waals surface area contributed by atoms with E-state index in [4.69, 9.17) is 37.0 Å². The maximum atomic E-state index is 13.1. The van der Waals surface area contributed by atoms with Gasteiger partial charge in [0, 0.05) is 25.7 Å². The Hall–Kier alpha value is -1.94. The van der Waals surface area contributed by atoms with Crippen LogP contribution in [0.1, 0.15) is 434 Å². The van der Waals surface area contributed by atoms with Crippen molar-refractivity contribution in [1.29, 1.82) is 0 Å². The van der Waals surface area contributed by atoms with E-state index in [2.05, 4.69) is 55.4 Å². The molecule has 0 heterocycles. The van der Waals surface area contributed by atoms with Gasteiger partial charge in [-0.15, -0.1) is 0 Å². The van der Waals surface area contributed by atoms with Crippen LogP contribution in [-0.2, 0) is 65.4 Å². The van der Waals surface area contributed by atoms with Crippen LogP contribution in [0.15, 0.2) is 0 Å². The lowest BCUT2D eigenvalue weighted by molar-refractivity contribution is -0.161. The first-order valence-corrected chi connectivity index (χ1v) is 46.2. The van der Waals surface area contributed by atoms with Crippen molar-refractivity contribution < 1.29 is 80.2 Å². The zero-order valence-corrected chi connectivity index (χ0v) is 69.7. The zero-order chi connectivity index (χ0) is 76.0. The molecule has 0 bridgehead atoms. The van der Waals surface area contributed by atoms with Gasteiger partial charge in [-0.05, 0) is 49.4 Å². The number of hydrogen-bond donors (Lipinski definition) is 3. The molecule has 0 aliphatic rings. The monoisotopic (exact) mass is 1510 g/mol. The van der Waals surface area contributed by atoms with E-state index in [0.29, 0.717) is 25.7 Å². The van der Waals surface area contributed by atoms with Gasteiger partial charge in [-0.25, -0.2) is 9.13 Å². The predicted molar refractivity (Wildman–Crippen MR) is 423 cm³/mol. The molecule has 0 aromatic rings. The van der Waals surface area contributed by atoms with Gasteiger partial charge in [0.15, 0.2) is 12.2 Å². The first-order chi connectivity index (χ1) is 49.6. The van der Waals surface area contributed by atoms with Crippen LogP contribution in [0.5, 0.6) is 0 Å². The molecule has 0 aliphatic carbocycles. The highest BCUT2D eigenvalue weighted by Gasteiger charge is 2.30. The molecule has 17 nitrogen and oxygen atoms in total. The zero-order valence-electron chi connectivity index (χ0n) is 68.0. The van der Waals surface area contributed by atoms with E-state index in [1.807, 2.05) is 0 Å². The van der Waals surface area contributed by atoms with E-state index in [9.17, 15) is 43.2 Å². The molecular formula is C84H164O17P2. The molecule has 0 aromatic carbocycles. The molecule has 0 fully saturated rings. The van der Waals surface area contributed by atoms with Gasteiger partial charge < -0.3 is 33.8 Å². The molecule has 0 aliphatic heterocycles. The standard InChI is InChI=1S/C84H164O17P2/c1-9-77(8)63-55-47-42-43-49-57-65-82(87)95-71-80(101-84(89)67-59-51-41-35-29-23-15-11-13-19-25-31-37-45-53-61-75(4)5)73-99-103(92,93)97-69-78(85)68-96-102(90,91)98-72-79(70-94-81(86)64-56-48-39-33-27-21-17-16-20-26-32-38-46-54-62-76(6)7)100-83(88)66-58-50-40-34-28-22-14-10-12-18-24-30-36-44-52-60-74(2)3/h74-80,85H,9-73H2,1-8H3,(H,90,91)(H,92,93)/t77?,78-,79-,80-/m1/s1. The summed E-state index contributed by atoms with van der Waals surface area (Å²) in [4.78, 5) is 73.2. The quantitative estimate of drug-likeness (QED) is 0.0222. The van der Waals surface area contributed by atoms with Crippen LogP contribution in [0.3, 0.4) is 0 Å². The van der Waals surface area contributed by atoms with Gasteiger partial charge in [-0.2, -0.15) is 0 Å². The average molecular weight is 1510 g/mol. The molecule has 0 spiro atoms. The summed E-state index contributed by atoms with van der Waals surface area (Å²) in [6.45, 7) is 14.3. The number of esters is 4. The molecule has 612 valence electrons. The van der Waals surface area contributed by atoms with Gasteiger partial charge in [-0.1, -0.05) is 383 Å². The minimum absolute atomic E-state index is 0.107. The van der Waals surface area contributed by atoms with E-state index in [0.717, 1.165) is 120 Å². The van der Waals surface area contributed by atoms with E-state index in [1.54, 1.807) is 0 Å². The molecule has 0 radical (unpaired) electrons. The second-order valence-electron chi connectivity index (χ2n) is 31.9. The van der Waals surface area contributed by atoms with Gasteiger partial charge in [0.2, 0.25) is 0 Å². The second kappa shape index (κ2) is 72.9. The van der Waals surface area contributed by atoms with Crippen molar-refractivity contribution in [2.75, 3.05) is 39.6 Å². The van der Waals surface area contributed by atoms with Crippen molar-refractivity contribution in [2.45, 2.75) is 453 Å². The Morgan fingerprint density at radius 1 is 0.272 bits per heavy atom. The number of carbonyl (C=O) groups is 4. The molecule has 3 N–H and O–H groups in total. The van der Waals surface area contributed by atoms with E-state index < -0.39 is 97.5 Å². The van der Waals surface area contributed by atoms with Crippen molar-refractivity contribution in [3.63, 3.8) is 0 Å². The summed E-state index contributed by atoms with van der Waals surface area (Å²) in [5.74, 6) is 1.02. The maximum Gasteiger partial charge on any atom is 0.472 e. The van der Waals surface area contributed by atoms with Gasteiger partial charge in [0.25, 0.3) is 0 Å². The maximum absolute atomic E-state index is 13.1. The first kappa shape index (κ1) is 101. The summed E-state index contributed by atoms with van der Waals surface area (Å²) in [6.07, 6.45) is 61.1. The third-order valence-electron chi connectivity index (χ3n) is 19.9. The molecule has 0 saturated heterocycles. The summed E-state index contributed by atoms with van der Waals surface area (Å²) in [7, 11) is -9.93. The van der Waals surface area contributed by atoms with Gasteiger partial charge in [-0.3, -0.25) is 37.3 Å². The highest BCUT2D eigenvalue weighted by Crippen LogP contribution is 2.45. The topological polar surface area (TPSA) is 237 Å². The van der Waals surface area contributed by atoms with Crippen molar-refractivity contribution in [3.05, 3.63) is 0 Å². The number of carbonyl (C=O) groups excluding carboxylic acids is 4. The predicted octanol–water partition coefficient (Wildman–Crippen LogP) is 25.2. The molecule has 0 rings (SSSR count). The number of phosphoric ester groups is 2. The first-order valence-electron chi connectivity index (χ1n) is 43.2. The summed E-state index contributed by atoms with van der Waals surface area (Å²) < 4.78 is 68.8. The van der Waals surface area contributed by atoms with Gasteiger partial charge in [0.05, 0.1) is 26.4 Å². The number of unbranched alkanes of at least 4 members (excludes halogenated alkanes) is 46. The molecule has 0 aromatic heterocycles. The van der Waals surface area contributed by atoms with Gasteiger partial charge >= 0.3 is 39.5 Å². The average Bonchev–Trinajstić information content (AvgIpc) is 0.912. The number of phosphoric acid groups is 2. The fourth-order valence-electron chi connectivity index (χ4n) is 12.9. The van der Waals surface area contributed by atoms with Crippen molar-refractivity contribution in [2.24, 2.45) is 23.7 Å². The molecule has 19 heteroatoms. The Kier molecular flexibility index (Phi) is 71.5. The molecular weight excluding hydrogens is 1340 g/mol. The lowest BCUT2D eigenvalue weighted by Gasteiger charge is -2.21. The smallest absolute Gasteiger partial charge is 0.462 e. The lowest BCUT2D eigenvalue weighted by atomic mass is 10.00. The molecule has 0 amide bonds. The SMILES string of the molecule is CCC(C)CCCCCCCCC(=O)OC[C@H](COP(=O)(O)OC[C@H](O)COP(=O)(O)OC[C@@H](COC(=O)CCCCCCCCCCCCCCCCC(C)C)OC(=O)CCCCCCCCCCCCCCCCCC(C)C)OC(=O)CCCCCCCCCCCCCCCCCC(C)C. The van der Waals surface area contributed by atoms with E-state index in [-0.39, 0.29) is 25.7 Å². The summed E-state index contributed by atoms with van der Waals surface area (Å²) in [5.41, 5.74) is 0. The fraction of sp³-hybridized carbons (Fsp3) is 0.952. The molecule has 103 heavy (non-hydrogen) atoms. The normalized spacial score (nSPS) is 14.2. The number of hydrogen-bond acceptors (Lipinski definition) is 15. The summed E-state index contributed by atoms with van der Waals surface area (Å²) in [5, 5.41) is 10.7. The van der Waals surface area contributed by atoms with Crippen LogP contribution in [0.2, 0.25) is 0 Å².